The van der Waals surface area contributed by atoms with E-state index in [1.807, 2.05) is 43.5 Å². The van der Waals surface area contributed by atoms with E-state index < -0.39 is 0 Å². The zero-order valence-corrected chi connectivity index (χ0v) is 16.4. The van der Waals surface area contributed by atoms with Crippen LogP contribution >= 0.6 is 0 Å². The molecule has 2 aromatic heterocycles. The molecule has 0 amide bonds. The summed E-state index contributed by atoms with van der Waals surface area (Å²) in [5.74, 6) is 3.23. The van der Waals surface area contributed by atoms with Gasteiger partial charge in [-0.2, -0.15) is 4.98 Å². The van der Waals surface area contributed by atoms with E-state index in [1.54, 1.807) is 7.11 Å². The summed E-state index contributed by atoms with van der Waals surface area (Å²) in [6, 6.07) is 6.56. The lowest BCUT2D eigenvalue weighted by Gasteiger charge is -2.38. The Morgan fingerprint density at radius 1 is 1.15 bits per heavy atom. The molecule has 2 atom stereocenters. The van der Waals surface area contributed by atoms with Gasteiger partial charge in [0.25, 0.3) is 0 Å². The largest absolute Gasteiger partial charge is 0.481 e. The average Bonchev–Trinajstić information content (AvgIpc) is 3.10. The standard InChI is InChI=1S/C20H28N6O/c1-24(2)18-6-9-21-20(23-18)26-11-8-16-7-10-25(17(16)14-26)13-15-4-5-19(27-3)22-12-15/h4-6,9,12,16-17H,7-8,10-11,13-14H2,1-3H3. The van der Waals surface area contributed by atoms with Gasteiger partial charge in [0.15, 0.2) is 0 Å². The molecule has 4 rings (SSSR count). The minimum atomic E-state index is 0.549. The van der Waals surface area contributed by atoms with Crippen LogP contribution in [0.3, 0.4) is 0 Å². The lowest BCUT2D eigenvalue weighted by atomic mass is 9.92. The van der Waals surface area contributed by atoms with Crippen LogP contribution in [0.4, 0.5) is 11.8 Å². The minimum Gasteiger partial charge on any atom is -0.481 e. The molecule has 0 bridgehead atoms. The summed E-state index contributed by atoms with van der Waals surface area (Å²) < 4.78 is 5.17. The molecule has 0 N–H and O–H groups in total. The molecule has 2 fully saturated rings. The SMILES string of the molecule is COc1ccc(CN2CCC3CCN(c4nccc(N(C)C)n4)CC32)cn1. The van der Waals surface area contributed by atoms with Crippen molar-refractivity contribution in [3.63, 3.8) is 0 Å². The summed E-state index contributed by atoms with van der Waals surface area (Å²) in [6.07, 6.45) is 6.27. The molecule has 27 heavy (non-hydrogen) atoms. The molecule has 7 nitrogen and oxygen atoms in total. The van der Waals surface area contributed by atoms with E-state index in [1.165, 1.54) is 18.4 Å². The molecule has 2 saturated heterocycles. The number of hydrogen-bond acceptors (Lipinski definition) is 7. The third-order valence-electron chi connectivity index (χ3n) is 5.74. The summed E-state index contributed by atoms with van der Waals surface area (Å²) in [6.45, 7) is 4.11. The van der Waals surface area contributed by atoms with Gasteiger partial charge >= 0.3 is 0 Å². The maximum atomic E-state index is 5.17. The number of piperidine rings is 1. The number of nitrogens with zero attached hydrogens (tertiary/aromatic N) is 6. The molecule has 4 heterocycles. The van der Waals surface area contributed by atoms with Crippen molar-refractivity contribution < 1.29 is 4.74 Å². The number of rotatable bonds is 5. The third-order valence-corrected chi connectivity index (χ3v) is 5.74. The van der Waals surface area contributed by atoms with Crippen molar-refractivity contribution in [3.05, 3.63) is 36.2 Å². The smallest absolute Gasteiger partial charge is 0.227 e. The minimum absolute atomic E-state index is 0.549. The number of methoxy groups -OCH3 is 1. The number of anilines is 2. The number of hydrogen-bond donors (Lipinski definition) is 0. The maximum Gasteiger partial charge on any atom is 0.227 e. The Balaban J connectivity index is 1.46. The van der Waals surface area contributed by atoms with Gasteiger partial charge in [0.2, 0.25) is 11.8 Å². The molecule has 0 spiro atoms. The fourth-order valence-corrected chi connectivity index (χ4v) is 4.21. The molecule has 0 aliphatic carbocycles. The first-order valence-electron chi connectivity index (χ1n) is 9.62. The normalized spacial score (nSPS) is 22.6. The molecule has 2 aliphatic rings. The van der Waals surface area contributed by atoms with Crippen LogP contribution in [0.5, 0.6) is 5.88 Å². The molecule has 2 unspecified atom stereocenters. The molecule has 144 valence electrons. The Hall–Kier alpha value is -2.41. The highest BCUT2D eigenvalue weighted by Crippen LogP contribution is 2.34. The Morgan fingerprint density at radius 3 is 2.74 bits per heavy atom. The van der Waals surface area contributed by atoms with Gasteiger partial charge in [-0.3, -0.25) is 4.90 Å². The van der Waals surface area contributed by atoms with E-state index in [-0.39, 0.29) is 0 Å². The van der Waals surface area contributed by atoms with E-state index >= 15 is 0 Å². The first-order chi connectivity index (χ1) is 13.1. The number of pyridine rings is 1. The van der Waals surface area contributed by atoms with Crippen LogP contribution in [0.25, 0.3) is 0 Å². The van der Waals surface area contributed by atoms with E-state index in [0.29, 0.717) is 11.9 Å². The quantitative estimate of drug-likeness (QED) is 0.800. The highest BCUT2D eigenvalue weighted by molar-refractivity contribution is 5.43. The summed E-state index contributed by atoms with van der Waals surface area (Å²) in [4.78, 5) is 20.6. The van der Waals surface area contributed by atoms with Gasteiger partial charge < -0.3 is 14.5 Å². The Bertz CT molecular complexity index is 765. The van der Waals surface area contributed by atoms with E-state index in [4.69, 9.17) is 9.72 Å². The van der Waals surface area contributed by atoms with Crippen molar-refractivity contribution >= 4 is 11.8 Å². The zero-order valence-electron chi connectivity index (χ0n) is 16.4. The van der Waals surface area contributed by atoms with Gasteiger partial charge in [-0.1, -0.05) is 6.07 Å². The van der Waals surface area contributed by atoms with Crippen LogP contribution in [0.1, 0.15) is 18.4 Å². The van der Waals surface area contributed by atoms with Gasteiger partial charge in [-0.25, -0.2) is 9.97 Å². The predicted octanol–water partition coefficient (Wildman–Crippen LogP) is 2.05. The summed E-state index contributed by atoms with van der Waals surface area (Å²) in [5.41, 5.74) is 1.24. The monoisotopic (exact) mass is 368 g/mol. The molecular formula is C20H28N6O. The molecule has 2 aromatic rings. The van der Waals surface area contributed by atoms with Gasteiger partial charge in [-0.15, -0.1) is 0 Å². The fraction of sp³-hybridized carbons (Fsp3) is 0.550. The van der Waals surface area contributed by atoms with Gasteiger partial charge in [0.05, 0.1) is 7.11 Å². The van der Waals surface area contributed by atoms with Gasteiger partial charge in [0.1, 0.15) is 5.82 Å². The number of aromatic nitrogens is 3. The number of fused-ring (bicyclic) bond motifs is 1. The van der Waals surface area contributed by atoms with Crippen LogP contribution in [0.15, 0.2) is 30.6 Å². The molecule has 0 aromatic carbocycles. The zero-order chi connectivity index (χ0) is 18.8. The van der Waals surface area contributed by atoms with Crippen molar-refractivity contribution in [2.45, 2.75) is 25.4 Å². The number of ether oxygens (including phenoxy) is 1. The predicted molar refractivity (Wildman–Crippen MR) is 106 cm³/mol. The first kappa shape index (κ1) is 18.0. The highest BCUT2D eigenvalue weighted by atomic mass is 16.5. The first-order valence-corrected chi connectivity index (χ1v) is 9.62. The highest BCUT2D eigenvalue weighted by Gasteiger charge is 2.38. The van der Waals surface area contributed by atoms with Crippen LogP contribution < -0.4 is 14.5 Å². The second-order valence-electron chi connectivity index (χ2n) is 7.64. The number of likely N-dealkylation sites (tertiary alicyclic amines) is 1. The molecular weight excluding hydrogens is 340 g/mol. The van der Waals surface area contributed by atoms with Crippen LogP contribution in [0, 0.1) is 5.92 Å². The summed E-state index contributed by atoms with van der Waals surface area (Å²) in [7, 11) is 5.68. The second-order valence-corrected chi connectivity index (χ2v) is 7.64. The van der Waals surface area contributed by atoms with Crippen molar-refractivity contribution in [2.24, 2.45) is 5.92 Å². The van der Waals surface area contributed by atoms with Gasteiger partial charge in [-0.05, 0) is 36.9 Å². The maximum absolute atomic E-state index is 5.17. The van der Waals surface area contributed by atoms with Crippen LogP contribution in [-0.4, -0.2) is 66.7 Å². The summed E-state index contributed by atoms with van der Waals surface area (Å²) in [5, 5.41) is 0. The third kappa shape index (κ3) is 3.83. The molecule has 0 saturated carbocycles. The van der Waals surface area contributed by atoms with Gasteiger partial charge in [0, 0.05) is 58.2 Å². The summed E-state index contributed by atoms with van der Waals surface area (Å²) >= 11 is 0. The molecule has 0 radical (unpaired) electrons. The van der Waals surface area contributed by atoms with Crippen LogP contribution in [0.2, 0.25) is 0 Å². The van der Waals surface area contributed by atoms with Crippen molar-refractivity contribution in [3.8, 4) is 5.88 Å². The lowest BCUT2D eigenvalue weighted by Crippen LogP contribution is -2.48. The van der Waals surface area contributed by atoms with Crippen molar-refractivity contribution in [1.82, 2.24) is 19.9 Å². The van der Waals surface area contributed by atoms with Crippen molar-refractivity contribution in [2.75, 3.05) is 50.6 Å². The lowest BCUT2D eigenvalue weighted by molar-refractivity contribution is 0.199. The molecule has 2 aliphatic heterocycles. The Morgan fingerprint density at radius 2 is 2.00 bits per heavy atom. The van der Waals surface area contributed by atoms with E-state index in [2.05, 4.69) is 25.8 Å². The topological polar surface area (TPSA) is 57.6 Å². The van der Waals surface area contributed by atoms with Crippen molar-refractivity contribution in [1.29, 1.82) is 0 Å². The average molecular weight is 368 g/mol. The van der Waals surface area contributed by atoms with E-state index in [9.17, 15) is 0 Å². The fourth-order valence-electron chi connectivity index (χ4n) is 4.21. The van der Waals surface area contributed by atoms with Crippen LogP contribution in [-0.2, 0) is 6.54 Å². The Kier molecular flexibility index (Phi) is 5.11. The Labute approximate surface area is 161 Å². The molecule has 7 heteroatoms. The van der Waals surface area contributed by atoms with E-state index in [0.717, 1.165) is 43.9 Å². The second kappa shape index (κ2) is 7.68.